The molecule has 0 aromatic carbocycles. The van der Waals surface area contributed by atoms with Crippen molar-refractivity contribution in [2.75, 3.05) is 0 Å². The van der Waals surface area contributed by atoms with E-state index in [1.807, 2.05) is 17.1 Å². The van der Waals surface area contributed by atoms with Gasteiger partial charge in [-0.3, -0.25) is 9.48 Å². The van der Waals surface area contributed by atoms with Crippen molar-refractivity contribution in [1.29, 1.82) is 0 Å². The SMILES string of the molecule is O=C(O)C1CCC1n1cc(C2CC2)cn1. The van der Waals surface area contributed by atoms with Gasteiger partial charge in [-0.15, -0.1) is 0 Å². The molecule has 0 aliphatic heterocycles. The number of rotatable bonds is 3. The second-order valence-corrected chi connectivity index (χ2v) is 4.62. The molecule has 2 unspecified atom stereocenters. The van der Waals surface area contributed by atoms with E-state index in [0.717, 1.165) is 12.8 Å². The van der Waals surface area contributed by atoms with Crippen LogP contribution in [0.15, 0.2) is 12.4 Å². The summed E-state index contributed by atoms with van der Waals surface area (Å²) in [5, 5.41) is 13.2. The molecule has 1 heterocycles. The Balaban J connectivity index is 1.77. The van der Waals surface area contributed by atoms with Crippen LogP contribution in [0.4, 0.5) is 0 Å². The summed E-state index contributed by atoms with van der Waals surface area (Å²) in [7, 11) is 0. The van der Waals surface area contributed by atoms with Crippen molar-refractivity contribution in [3.63, 3.8) is 0 Å². The molecule has 3 rings (SSSR count). The molecule has 80 valence electrons. The van der Waals surface area contributed by atoms with E-state index in [1.165, 1.54) is 18.4 Å². The van der Waals surface area contributed by atoms with Crippen LogP contribution < -0.4 is 0 Å². The van der Waals surface area contributed by atoms with E-state index >= 15 is 0 Å². The monoisotopic (exact) mass is 206 g/mol. The fourth-order valence-corrected chi connectivity index (χ4v) is 2.25. The summed E-state index contributed by atoms with van der Waals surface area (Å²) >= 11 is 0. The largest absolute Gasteiger partial charge is 0.481 e. The Labute approximate surface area is 87.9 Å². The lowest BCUT2D eigenvalue weighted by molar-refractivity contribution is -0.147. The first kappa shape index (κ1) is 8.95. The molecule has 2 saturated carbocycles. The van der Waals surface area contributed by atoms with Gasteiger partial charge in [-0.05, 0) is 37.2 Å². The molecule has 0 saturated heterocycles. The minimum Gasteiger partial charge on any atom is -0.481 e. The van der Waals surface area contributed by atoms with Gasteiger partial charge in [0.1, 0.15) is 0 Å². The van der Waals surface area contributed by atoms with Crippen LogP contribution in [0.25, 0.3) is 0 Å². The number of aliphatic carboxylic acids is 1. The van der Waals surface area contributed by atoms with E-state index in [-0.39, 0.29) is 12.0 Å². The second-order valence-electron chi connectivity index (χ2n) is 4.62. The molecule has 2 aliphatic carbocycles. The fourth-order valence-electron chi connectivity index (χ4n) is 2.25. The molecule has 0 amide bonds. The Morgan fingerprint density at radius 2 is 2.20 bits per heavy atom. The van der Waals surface area contributed by atoms with Gasteiger partial charge in [-0.25, -0.2) is 0 Å². The minimum atomic E-state index is -0.685. The summed E-state index contributed by atoms with van der Waals surface area (Å²) in [6.07, 6.45) is 8.20. The minimum absolute atomic E-state index is 0.0926. The van der Waals surface area contributed by atoms with Crippen LogP contribution in [0, 0.1) is 5.92 Å². The average Bonchev–Trinajstić information content (AvgIpc) is 2.85. The van der Waals surface area contributed by atoms with Crippen LogP contribution in [0.1, 0.15) is 43.2 Å². The van der Waals surface area contributed by atoms with Crippen molar-refractivity contribution in [2.45, 2.75) is 37.6 Å². The van der Waals surface area contributed by atoms with E-state index in [2.05, 4.69) is 5.10 Å². The third kappa shape index (κ3) is 1.44. The molecule has 0 radical (unpaired) electrons. The summed E-state index contributed by atoms with van der Waals surface area (Å²) in [5.74, 6) is -0.214. The smallest absolute Gasteiger partial charge is 0.308 e. The highest BCUT2D eigenvalue weighted by Crippen LogP contribution is 2.42. The highest BCUT2D eigenvalue weighted by atomic mass is 16.4. The van der Waals surface area contributed by atoms with Crippen LogP contribution in [-0.4, -0.2) is 20.9 Å². The summed E-state index contributed by atoms with van der Waals surface area (Å²) in [4.78, 5) is 10.9. The third-order valence-corrected chi connectivity index (χ3v) is 3.57. The van der Waals surface area contributed by atoms with E-state index in [1.54, 1.807) is 0 Å². The molecule has 2 atom stereocenters. The molecule has 0 bridgehead atoms. The molecule has 4 heteroatoms. The topological polar surface area (TPSA) is 55.1 Å². The number of hydrogen-bond donors (Lipinski definition) is 1. The lowest BCUT2D eigenvalue weighted by atomic mass is 9.80. The zero-order valence-electron chi connectivity index (χ0n) is 8.47. The molecule has 2 aliphatic rings. The fraction of sp³-hybridized carbons (Fsp3) is 0.636. The molecular formula is C11H14N2O2. The van der Waals surface area contributed by atoms with Gasteiger partial charge in [0.15, 0.2) is 0 Å². The average molecular weight is 206 g/mol. The number of carbonyl (C=O) groups is 1. The number of carboxylic acid groups (broad SMARTS) is 1. The van der Waals surface area contributed by atoms with Crippen LogP contribution in [-0.2, 0) is 4.79 Å². The maximum absolute atomic E-state index is 10.9. The molecule has 1 aromatic heterocycles. The molecule has 15 heavy (non-hydrogen) atoms. The van der Waals surface area contributed by atoms with Crippen LogP contribution in [0.3, 0.4) is 0 Å². The summed E-state index contributed by atoms with van der Waals surface area (Å²) < 4.78 is 1.86. The van der Waals surface area contributed by atoms with Gasteiger partial charge in [0, 0.05) is 6.20 Å². The van der Waals surface area contributed by atoms with Crippen molar-refractivity contribution < 1.29 is 9.90 Å². The third-order valence-electron chi connectivity index (χ3n) is 3.57. The van der Waals surface area contributed by atoms with Gasteiger partial charge >= 0.3 is 5.97 Å². The van der Waals surface area contributed by atoms with Crippen molar-refractivity contribution in [2.24, 2.45) is 5.92 Å². The highest BCUT2D eigenvalue weighted by molar-refractivity contribution is 5.71. The van der Waals surface area contributed by atoms with Gasteiger partial charge in [0.05, 0.1) is 18.2 Å². The van der Waals surface area contributed by atoms with E-state index < -0.39 is 5.97 Å². The predicted molar refractivity (Wildman–Crippen MR) is 53.6 cm³/mol. The summed E-state index contributed by atoms with van der Waals surface area (Å²) in [6, 6.07) is 0.0926. The molecule has 2 fully saturated rings. The Kier molecular flexibility index (Phi) is 1.84. The summed E-state index contributed by atoms with van der Waals surface area (Å²) in [6.45, 7) is 0. The number of nitrogens with zero attached hydrogens (tertiary/aromatic N) is 2. The molecule has 1 aromatic rings. The maximum Gasteiger partial charge on any atom is 0.308 e. The Morgan fingerprint density at radius 1 is 1.40 bits per heavy atom. The first-order chi connectivity index (χ1) is 7.25. The van der Waals surface area contributed by atoms with E-state index in [4.69, 9.17) is 5.11 Å². The first-order valence-electron chi connectivity index (χ1n) is 5.52. The van der Waals surface area contributed by atoms with Crippen LogP contribution in [0.5, 0.6) is 0 Å². The number of hydrogen-bond acceptors (Lipinski definition) is 2. The maximum atomic E-state index is 10.9. The first-order valence-corrected chi connectivity index (χ1v) is 5.52. The van der Waals surface area contributed by atoms with Gasteiger partial charge in [0.2, 0.25) is 0 Å². The van der Waals surface area contributed by atoms with Gasteiger partial charge in [-0.1, -0.05) is 0 Å². The highest BCUT2D eigenvalue weighted by Gasteiger charge is 2.38. The van der Waals surface area contributed by atoms with Crippen molar-refractivity contribution >= 4 is 5.97 Å². The predicted octanol–water partition coefficient (Wildman–Crippen LogP) is 1.80. The van der Waals surface area contributed by atoms with E-state index in [0.29, 0.717) is 5.92 Å². The zero-order chi connectivity index (χ0) is 10.4. The lowest BCUT2D eigenvalue weighted by Gasteiger charge is -2.33. The molecular weight excluding hydrogens is 192 g/mol. The molecule has 1 N–H and O–H groups in total. The number of carboxylic acids is 1. The standard InChI is InChI=1S/C11H14N2O2/c14-11(15)9-3-4-10(9)13-6-8(5-12-13)7-1-2-7/h5-7,9-10H,1-4H2,(H,14,15). The quantitative estimate of drug-likeness (QED) is 0.820. The summed E-state index contributed by atoms with van der Waals surface area (Å²) in [5.41, 5.74) is 1.28. The second kappa shape index (κ2) is 3.08. The van der Waals surface area contributed by atoms with Gasteiger partial charge < -0.3 is 5.11 Å². The molecule has 4 nitrogen and oxygen atoms in total. The lowest BCUT2D eigenvalue weighted by Crippen LogP contribution is -2.35. The van der Waals surface area contributed by atoms with Gasteiger partial charge in [-0.2, -0.15) is 5.10 Å². The van der Waals surface area contributed by atoms with Gasteiger partial charge in [0.25, 0.3) is 0 Å². The van der Waals surface area contributed by atoms with E-state index in [9.17, 15) is 4.79 Å². The van der Waals surface area contributed by atoms with Crippen molar-refractivity contribution in [3.8, 4) is 0 Å². The normalized spacial score (nSPS) is 29.9. The molecule has 0 spiro atoms. The van der Waals surface area contributed by atoms with Crippen molar-refractivity contribution in [1.82, 2.24) is 9.78 Å². The van der Waals surface area contributed by atoms with Crippen LogP contribution >= 0.6 is 0 Å². The Bertz CT molecular complexity index is 395. The zero-order valence-corrected chi connectivity index (χ0v) is 8.47. The Hall–Kier alpha value is -1.32. The number of aromatic nitrogens is 2. The van der Waals surface area contributed by atoms with Crippen LogP contribution in [0.2, 0.25) is 0 Å². The Morgan fingerprint density at radius 3 is 2.73 bits per heavy atom. The van der Waals surface area contributed by atoms with Crippen molar-refractivity contribution in [3.05, 3.63) is 18.0 Å².